The molecule has 2 aromatic rings. The number of rotatable bonds is 7. The van der Waals surface area contributed by atoms with Gasteiger partial charge in [0.1, 0.15) is 17.1 Å². The molecule has 8 heteroatoms. The molecule has 0 saturated carbocycles. The molecule has 2 aliphatic rings. The van der Waals surface area contributed by atoms with E-state index in [1.807, 2.05) is 24.3 Å². The Morgan fingerprint density at radius 2 is 1.82 bits per heavy atom. The predicted octanol–water partition coefficient (Wildman–Crippen LogP) is 4.68. The number of hydrogen-bond acceptors (Lipinski definition) is 5. The Labute approximate surface area is 202 Å². The number of likely N-dealkylation sites (tertiary alicyclic amines) is 1. The number of nitrogens with zero attached hydrogens (tertiary/aromatic N) is 1. The monoisotopic (exact) mass is 486 g/mol. The van der Waals surface area contributed by atoms with Gasteiger partial charge in [-0.15, -0.1) is 0 Å². The standard InChI is InChI=1S/C26H34N2O5S/c1-4-26(5-2)18-22(20-11-7-8-12-24(20)33-26)27-34(30,31)19-13-14-23(32-3)21(17-19)25(29)28-15-9-6-10-16-28/h7-8,11-14,17,22,27H,4-6,9-10,15-16,18H2,1-3H3/t22-/m1/s1. The first-order valence-corrected chi connectivity index (χ1v) is 13.6. The number of ether oxygens (including phenoxy) is 2. The first-order valence-electron chi connectivity index (χ1n) is 12.1. The fourth-order valence-corrected chi connectivity index (χ4v) is 6.19. The molecular weight excluding hydrogens is 452 g/mol. The number of hydrogen-bond donors (Lipinski definition) is 1. The van der Waals surface area contributed by atoms with Crippen LogP contribution >= 0.6 is 0 Å². The van der Waals surface area contributed by atoms with Crippen LogP contribution < -0.4 is 14.2 Å². The Balaban J connectivity index is 1.66. The summed E-state index contributed by atoms with van der Waals surface area (Å²) in [5.74, 6) is 0.892. The molecule has 1 N–H and O–H groups in total. The van der Waals surface area contributed by atoms with Gasteiger partial charge in [-0.2, -0.15) is 0 Å². The molecule has 0 aliphatic carbocycles. The molecule has 0 aromatic heterocycles. The summed E-state index contributed by atoms with van der Waals surface area (Å²) in [6.45, 7) is 5.47. The minimum absolute atomic E-state index is 0.0521. The molecule has 1 fully saturated rings. The van der Waals surface area contributed by atoms with E-state index in [-0.39, 0.29) is 16.4 Å². The highest BCUT2D eigenvalue weighted by Crippen LogP contribution is 2.43. The van der Waals surface area contributed by atoms with Gasteiger partial charge in [0.25, 0.3) is 5.91 Å². The van der Waals surface area contributed by atoms with Crippen molar-refractivity contribution in [2.24, 2.45) is 0 Å². The normalized spacial score (nSPS) is 19.7. The predicted molar refractivity (Wildman–Crippen MR) is 131 cm³/mol. The molecule has 7 nitrogen and oxygen atoms in total. The third-order valence-electron chi connectivity index (χ3n) is 7.14. The lowest BCUT2D eigenvalue weighted by atomic mass is 9.84. The van der Waals surface area contributed by atoms with Gasteiger partial charge in [-0.25, -0.2) is 13.1 Å². The number of piperidine rings is 1. The molecule has 2 aromatic carbocycles. The molecule has 2 heterocycles. The largest absolute Gasteiger partial charge is 0.496 e. The number of nitrogens with one attached hydrogen (secondary N) is 1. The van der Waals surface area contributed by atoms with Crippen LogP contribution in [0.3, 0.4) is 0 Å². The van der Waals surface area contributed by atoms with Crippen LogP contribution in [-0.4, -0.2) is 45.0 Å². The zero-order valence-electron chi connectivity index (χ0n) is 20.2. The van der Waals surface area contributed by atoms with Crippen molar-refractivity contribution in [3.8, 4) is 11.5 Å². The number of sulfonamides is 1. The maximum absolute atomic E-state index is 13.5. The van der Waals surface area contributed by atoms with E-state index < -0.39 is 21.7 Å². The van der Waals surface area contributed by atoms with E-state index in [0.717, 1.165) is 37.7 Å². The summed E-state index contributed by atoms with van der Waals surface area (Å²) in [7, 11) is -2.42. The Morgan fingerprint density at radius 3 is 2.50 bits per heavy atom. The summed E-state index contributed by atoms with van der Waals surface area (Å²) in [5, 5.41) is 0. The van der Waals surface area contributed by atoms with Gasteiger partial charge in [0, 0.05) is 25.1 Å². The van der Waals surface area contributed by atoms with E-state index in [1.54, 1.807) is 11.0 Å². The first-order chi connectivity index (χ1) is 16.3. The number of benzene rings is 2. The van der Waals surface area contributed by atoms with E-state index in [1.165, 1.54) is 19.2 Å². The van der Waals surface area contributed by atoms with Crippen molar-refractivity contribution in [1.82, 2.24) is 9.62 Å². The number of methoxy groups -OCH3 is 1. The van der Waals surface area contributed by atoms with E-state index in [2.05, 4.69) is 18.6 Å². The molecule has 2 aliphatic heterocycles. The van der Waals surface area contributed by atoms with Gasteiger partial charge in [-0.1, -0.05) is 32.0 Å². The molecule has 0 unspecified atom stereocenters. The van der Waals surface area contributed by atoms with E-state index >= 15 is 0 Å². The van der Waals surface area contributed by atoms with Crippen molar-refractivity contribution in [1.29, 1.82) is 0 Å². The quantitative estimate of drug-likeness (QED) is 0.614. The second-order valence-electron chi connectivity index (χ2n) is 9.12. The molecule has 1 saturated heterocycles. The van der Waals surface area contributed by atoms with Gasteiger partial charge >= 0.3 is 0 Å². The fraction of sp³-hybridized carbons (Fsp3) is 0.500. The number of carbonyl (C=O) groups is 1. The zero-order chi connectivity index (χ0) is 24.3. The molecule has 34 heavy (non-hydrogen) atoms. The second-order valence-corrected chi connectivity index (χ2v) is 10.8. The number of amides is 1. The van der Waals surface area contributed by atoms with Crippen molar-refractivity contribution in [2.75, 3.05) is 20.2 Å². The molecule has 0 radical (unpaired) electrons. The first kappa shape index (κ1) is 24.5. The third-order valence-corrected chi connectivity index (χ3v) is 8.61. The average molecular weight is 487 g/mol. The Morgan fingerprint density at radius 1 is 1.12 bits per heavy atom. The van der Waals surface area contributed by atoms with E-state index in [9.17, 15) is 13.2 Å². The lowest BCUT2D eigenvalue weighted by Crippen LogP contribution is -2.44. The van der Waals surface area contributed by atoms with Gasteiger partial charge in [0.15, 0.2) is 0 Å². The topological polar surface area (TPSA) is 84.9 Å². The fourth-order valence-electron chi connectivity index (χ4n) is 4.95. The van der Waals surface area contributed by atoms with Gasteiger partial charge in [-0.05, 0) is 56.4 Å². The van der Waals surface area contributed by atoms with Crippen LogP contribution in [0.4, 0.5) is 0 Å². The van der Waals surface area contributed by atoms with Crippen LogP contribution in [0.2, 0.25) is 0 Å². The summed E-state index contributed by atoms with van der Waals surface area (Å²) < 4.78 is 41.7. The molecule has 1 atom stereocenters. The summed E-state index contributed by atoms with van der Waals surface area (Å²) in [5.41, 5.74) is 0.662. The van der Waals surface area contributed by atoms with Gasteiger partial charge < -0.3 is 14.4 Å². The highest BCUT2D eigenvalue weighted by molar-refractivity contribution is 7.89. The van der Waals surface area contributed by atoms with Gasteiger partial charge in [0.2, 0.25) is 10.0 Å². The molecule has 184 valence electrons. The Hall–Kier alpha value is -2.58. The summed E-state index contributed by atoms with van der Waals surface area (Å²) in [6, 6.07) is 11.6. The maximum Gasteiger partial charge on any atom is 0.257 e. The summed E-state index contributed by atoms with van der Waals surface area (Å²) in [6.07, 6.45) is 5.08. The van der Waals surface area contributed by atoms with Crippen LogP contribution in [0.15, 0.2) is 47.4 Å². The van der Waals surface area contributed by atoms with Crippen molar-refractivity contribution in [3.63, 3.8) is 0 Å². The van der Waals surface area contributed by atoms with Crippen molar-refractivity contribution < 1.29 is 22.7 Å². The van der Waals surface area contributed by atoms with Crippen LogP contribution in [0, 0.1) is 0 Å². The summed E-state index contributed by atoms with van der Waals surface area (Å²) >= 11 is 0. The number of fused-ring (bicyclic) bond motifs is 1. The highest BCUT2D eigenvalue weighted by atomic mass is 32.2. The Kier molecular flexibility index (Phi) is 7.19. The van der Waals surface area contributed by atoms with E-state index in [0.29, 0.717) is 31.0 Å². The molecule has 1 amide bonds. The van der Waals surface area contributed by atoms with E-state index in [4.69, 9.17) is 9.47 Å². The van der Waals surface area contributed by atoms with Crippen LogP contribution in [0.5, 0.6) is 11.5 Å². The summed E-state index contributed by atoms with van der Waals surface area (Å²) in [4.78, 5) is 15.0. The number of carbonyl (C=O) groups excluding carboxylic acids is 1. The molecule has 4 rings (SSSR count). The lowest BCUT2D eigenvalue weighted by molar-refractivity contribution is 0.0260. The smallest absolute Gasteiger partial charge is 0.257 e. The maximum atomic E-state index is 13.5. The SMILES string of the molecule is CCC1(CC)C[C@@H](NS(=O)(=O)c2ccc(OC)c(C(=O)N3CCCCC3)c2)c2ccccc2O1. The lowest BCUT2D eigenvalue weighted by Gasteiger charge is -2.41. The minimum Gasteiger partial charge on any atom is -0.496 e. The van der Waals surface area contributed by atoms with Crippen LogP contribution in [-0.2, 0) is 10.0 Å². The minimum atomic E-state index is -3.91. The van der Waals surface area contributed by atoms with Crippen LogP contribution in [0.1, 0.15) is 74.3 Å². The second kappa shape index (κ2) is 9.96. The molecule has 0 spiro atoms. The highest BCUT2D eigenvalue weighted by Gasteiger charge is 2.40. The van der Waals surface area contributed by atoms with Gasteiger partial charge in [0.05, 0.1) is 23.6 Å². The van der Waals surface area contributed by atoms with Crippen molar-refractivity contribution in [2.45, 2.75) is 68.9 Å². The third kappa shape index (κ3) is 4.79. The Bertz CT molecular complexity index is 1140. The molecule has 0 bridgehead atoms. The van der Waals surface area contributed by atoms with Crippen molar-refractivity contribution >= 4 is 15.9 Å². The van der Waals surface area contributed by atoms with Crippen LogP contribution in [0.25, 0.3) is 0 Å². The van der Waals surface area contributed by atoms with Gasteiger partial charge in [-0.3, -0.25) is 4.79 Å². The number of para-hydroxylation sites is 1. The molecular formula is C26H34N2O5S. The zero-order valence-corrected chi connectivity index (χ0v) is 21.0. The average Bonchev–Trinajstić information content (AvgIpc) is 2.88. The van der Waals surface area contributed by atoms with Crippen molar-refractivity contribution in [3.05, 3.63) is 53.6 Å².